The van der Waals surface area contributed by atoms with Crippen LogP contribution in [-0.2, 0) is 14.3 Å². The summed E-state index contributed by atoms with van der Waals surface area (Å²) in [5.41, 5.74) is 1.48. The van der Waals surface area contributed by atoms with Gasteiger partial charge in [0.25, 0.3) is 5.91 Å². The molecule has 7 unspecified atom stereocenters. The minimum absolute atomic E-state index is 0. The lowest BCUT2D eigenvalue weighted by atomic mass is 9.46. The Hall–Kier alpha value is -0.650. The van der Waals surface area contributed by atoms with Gasteiger partial charge in [-0.2, -0.15) is 0 Å². The van der Waals surface area contributed by atoms with Gasteiger partial charge in [-0.1, -0.05) is 20.8 Å². The van der Waals surface area contributed by atoms with Gasteiger partial charge < -0.3 is 19.5 Å². The Morgan fingerprint density at radius 1 is 0.912 bits per heavy atom. The van der Waals surface area contributed by atoms with E-state index in [0.717, 1.165) is 31.1 Å². The van der Waals surface area contributed by atoms with E-state index in [2.05, 4.69) is 20.8 Å². The zero-order valence-corrected chi connectivity index (χ0v) is 21.6. The molecule has 0 aromatic carbocycles. The largest absolute Gasteiger partial charge is 0.393 e. The van der Waals surface area contributed by atoms with Crippen molar-refractivity contribution in [3.05, 3.63) is 0 Å². The summed E-state index contributed by atoms with van der Waals surface area (Å²) in [6.07, 6.45) is 12.2. The Balaban J connectivity index is 0.00000229. The van der Waals surface area contributed by atoms with Crippen LogP contribution in [0.25, 0.3) is 0 Å². The maximum absolute atomic E-state index is 13.2. The highest BCUT2D eigenvalue weighted by atomic mass is 16.5. The number of aliphatic hydroxyl groups excluding tert-OH is 1. The molecular formula is C29H47NO4. The monoisotopic (exact) mass is 473 g/mol. The highest BCUT2D eigenvalue weighted by molar-refractivity contribution is 5.81. The average molecular weight is 474 g/mol. The summed E-state index contributed by atoms with van der Waals surface area (Å²) in [5.74, 6) is 3.11. The van der Waals surface area contributed by atoms with E-state index in [9.17, 15) is 9.90 Å². The molecule has 0 bridgehead atoms. The standard InChI is InChI=1S/C29H45NO4.H2/c1-26(2)23-7-5-18-20-16-22-19(4-6-21(34-22)25(32)30-12-14-33-15-13-30)27(20,3)10-11-28(18)17-29(23,28)9-8-24(26)31;/h18-24,31H,4-17H2,1-3H3;1H/t18?,19?,20?,21?,22?,23?,24-,27?,28-,29+;/m0./s1. The van der Waals surface area contributed by atoms with Crippen molar-refractivity contribution in [1.29, 1.82) is 0 Å². The Kier molecular flexibility index (Phi) is 4.79. The fraction of sp³-hybridized carbons (Fsp3) is 0.966. The van der Waals surface area contributed by atoms with Crippen molar-refractivity contribution >= 4 is 5.91 Å². The smallest absolute Gasteiger partial charge is 0.251 e. The fourth-order valence-electron chi connectivity index (χ4n) is 11.4. The van der Waals surface area contributed by atoms with Gasteiger partial charge in [-0.05, 0) is 110 Å². The highest BCUT2D eigenvalue weighted by Crippen LogP contribution is 2.87. The minimum atomic E-state index is -0.235. The number of carbonyl (C=O) groups is 1. The lowest BCUT2D eigenvalue weighted by molar-refractivity contribution is -0.162. The molecule has 2 spiro atoms. The molecule has 0 radical (unpaired) electrons. The second kappa shape index (κ2) is 7.22. The van der Waals surface area contributed by atoms with Crippen LogP contribution in [0.5, 0.6) is 0 Å². The average Bonchev–Trinajstić information content (AvgIpc) is 3.42. The van der Waals surface area contributed by atoms with Gasteiger partial charge in [-0.3, -0.25) is 4.79 Å². The molecule has 10 atom stereocenters. The van der Waals surface area contributed by atoms with Gasteiger partial charge in [0, 0.05) is 14.5 Å². The van der Waals surface area contributed by atoms with Crippen LogP contribution >= 0.6 is 0 Å². The van der Waals surface area contributed by atoms with Crippen LogP contribution in [0.1, 0.15) is 86.4 Å². The van der Waals surface area contributed by atoms with Crippen LogP contribution in [0.2, 0.25) is 0 Å². The summed E-state index contributed by atoms with van der Waals surface area (Å²) < 4.78 is 12.2. The highest BCUT2D eigenvalue weighted by Gasteiger charge is 2.80. The molecule has 7 fully saturated rings. The van der Waals surface area contributed by atoms with Crippen LogP contribution in [-0.4, -0.2) is 60.5 Å². The van der Waals surface area contributed by atoms with E-state index >= 15 is 0 Å². The third-order valence-electron chi connectivity index (χ3n) is 13.2. The van der Waals surface area contributed by atoms with E-state index in [-0.39, 0.29) is 31.1 Å². The first-order valence-corrected chi connectivity index (χ1v) is 14.4. The number of nitrogens with zero attached hydrogens (tertiary/aromatic N) is 1. The van der Waals surface area contributed by atoms with Gasteiger partial charge in [0.1, 0.15) is 6.10 Å². The van der Waals surface area contributed by atoms with Crippen molar-refractivity contribution in [2.75, 3.05) is 26.3 Å². The summed E-state index contributed by atoms with van der Waals surface area (Å²) in [7, 11) is 0. The molecule has 2 saturated heterocycles. The molecule has 0 aromatic heterocycles. The first-order valence-electron chi connectivity index (χ1n) is 14.4. The van der Waals surface area contributed by atoms with Crippen LogP contribution in [0.15, 0.2) is 0 Å². The molecule has 7 rings (SSSR count). The number of morpholine rings is 1. The van der Waals surface area contributed by atoms with Crippen molar-refractivity contribution in [3.8, 4) is 0 Å². The van der Waals surface area contributed by atoms with Crippen LogP contribution in [0, 0.1) is 45.3 Å². The summed E-state index contributed by atoms with van der Waals surface area (Å²) in [5, 5.41) is 10.8. The molecule has 2 aliphatic heterocycles. The van der Waals surface area contributed by atoms with E-state index in [4.69, 9.17) is 9.47 Å². The lowest BCUT2D eigenvalue weighted by Gasteiger charge is -2.59. The Bertz CT molecular complexity index is 875. The molecular weight excluding hydrogens is 426 g/mol. The van der Waals surface area contributed by atoms with E-state index in [0.29, 0.717) is 54.4 Å². The van der Waals surface area contributed by atoms with Gasteiger partial charge in [0.05, 0.1) is 25.4 Å². The number of hydrogen-bond donors (Lipinski definition) is 1. The number of amides is 1. The quantitative estimate of drug-likeness (QED) is 0.602. The van der Waals surface area contributed by atoms with Crippen molar-refractivity contribution in [2.45, 2.75) is 103 Å². The van der Waals surface area contributed by atoms with Gasteiger partial charge in [0.2, 0.25) is 0 Å². The molecule has 7 aliphatic rings. The molecule has 1 N–H and O–H groups in total. The number of rotatable bonds is 1. The predicted octanol–water partition coefficient (Wildman–Crippen LogP) is 4.66. The van der Waals surface area contributed by atoms with Crippen molar-refractivity contribution in [2.24, 2.45) is 45.3 Å². The zero-order chi connectivity index (χ0) is 23.5. The number of aliphatic hydroxyl groups is 1. The molecule has 5 heteroatoms. The SMILES string of the molecule is CC12CC[C@@]34C[C@@]35CC[C@H](O)C(C)(C)C5CCC4C1CC1OC(C(=O)N3CCOCC3)CCC12.[HH]. The number of ether oxygens (including phenoxy) is 2. The van der Waals surface area contributed by atoms with E-state index < -0.39 is 0 Å². The molecule has 2 heterocycles. The number of hydrogen-bond acceptors (Lipinski definition) is 4. The van der Waals surface area contributed by atoms with Gasteiger partial charge in [0.15, 0.2) is 0 Å². The van der Waals surface area contributed by atoms with E-state index in [1.54, 1.807) is 0 Å². The second-order valence-corrected chi connectivity index (χ2v) is 14.2. The Morgan fingerprint density at radius 2 is 1.68 bits per heavy atom. The van der Waals surface area contributed by atoms with Gasteiger partial charge in [-0.15, -0.1) is 0 Å². The third kappa shape index (κ3) is 2.70. The molecule has 5 aliphatic carbocycles. The molecule has 1 amide bonds. The number of fused-ring (bicyclic) bond motifs is 4. The molecule has 192 valence electrons. The summed E-state index contributed by atoms with van der Waals surface area (Å²) >= 11 is 0. The first kappa shape index (κ1) is 22.5. The summed E-state index contributed by atoms with van der Waals surface area (Å²) in [6, 6.07) is 0. The maximum Gasteiger partial charge on any atom is 0.251 e. The van der Waals surface area contributed by atoms with E-state index in [1.807, 2.05) is 4.90 Å². The Labute approximate surface area is 206 Å². The molecule has 5 saturated carbocycles. The van der Waals surface area contributed by atoms with Crippen LogP contribution < -0.4 is 0 Å². The van der Waals surface area contributed by atoms with Crippen molar-refractivity contribution in [1.82, 2.24) is 4.90 Å². The fourth-order valence-corrected chi connectivity index (χ4v) is 11.4. The van der Waals surface area contributed by atoms with Crippen LogP contribution in [0.3, 0.4) is 0 Å². The van der Waals surface area contributed by atoms with Crippen LogP contribution in [0.4, 0.5) is 0 Å². The summed E-state index contributed by atoms with van der Waals surface area (Å²) in [6.45, 7) is 10.0. The summed E-state index contributed by atoms with van der Waals surface area (Å²) in [4.78, 5) is 15.2. The van der Waals surface area contributed by atoms with Gasteiger partial charge in [-0.25, -0.2) is 0 Å². The maximum atomic E-state index is 13.2. The molecule has 0 aromatic rings. The third-order valence-corrected chi connectivity index (χ3v) is 13.2. The predicted molar refractivity (Wildman–Crippen MR) is 131 cm³/mol. The topological polar surface area (TPSA) is 59.0 Å². The first-order chi connectivity index (χ1) is 16.2. The number of carbonyl (C=O) groups excluding carboxylic acids is 1. The van der Waals surface area contributed by atoms with Crippen molar-refractivity contribution < 1.29 is 20.8 Å². The second-order valence-electron chi connectivity index (χ2n) is 14.2. The minimum Gasteiger partial charge on any atom is -0.393 e. The molecule has 5 nitrogen and oxygen atoms in total. The molecule has 34 heavy (non-hydrogen) atoms. The zero-order valence-electron chi connectivity index (χ0n) is 21.6. The van der Waals surface area contributed by atoms with E-state index in [1.165, 1.54) is 44.9 Å². The van der Waals surface area contributed by atoms with Gasteiger partial charge >= 0.3 is 0 Å². The Morgan fingerprint density at radius 3 is 2.47 bits per heavy atom. The lowest BCUT2D eigenvalue weighted by Crippen LogP contribution is -2.54. The normalized spacial score (nSPS) is 55.3. The van der Waals surface area contributed by atoms with Crippen molar-refractivity contribution in [3.63, 3.8) is 0 Å².